The van der Waals surface area contributed by atoms with Crippen LogP contribution in [0.2, 0.25) is 0 Å². The van der Waals surface area contributed by atoms with Gasteiger partial charge in [0.05, 0.1) is 23.8 Å². The molecule has 0 aromatic heterocycles. The normalized spacial score (nSPS) is 17.7. The lowest BCUT2D eigenvalue weighted by Crippen LogP contribution is -2.44. The van der Waals surface area contributed by atoms with Gasteiger partial charge in [0.2, 0.25) is 0 Å². The van der Waals surface area contributed by atoms with Gasteiger partial charge in [-0.05, 0) is 30.5 Å². The Labute approximate surface area is 159 Å². The Morgan fingerprint density at radius 2 is 1.85 bits per heavy atom. The molecule has 1 saturated carbocycles. The average Bonchev–Trinajstić information content (AvgIpc) is 3.27. The van der Waals surface area contributed by atoms with Crippen LogP contribution in [0.5, 0.6) is 5.75 Å². The average molecular weight is 364 g/mol. The molecule has 0 bridgehead atoms. The maximum Gasteiger partial charge on any atom is 0.255 e. The zero-order chi connectivity index (χ0) is 19.0. The van der Waals surface area contributed by atoms with Crippen LogP contribution in [0.15, 0.2) is 42.5 Å². The summed E-state index contributed by atoms with van der Waals surface area (Å²) in [5, 5.41) is 3.28. The maximum atomic E-state index is 13.3. The molecule has 27 heavy (non-hydrogen) atoms. The Kier molecular flexibility index (Phi) is 4.38. The van der Waals surface area contributed by atoms with E-state index in [1.54, 1.807) is 25.1 Å². The lowest BCUT2D eigenvalue weighted by molar-refractivity contribution is 0.0804. The van der Waals surface area contributed by atoms with E-state index >= 15 is 0 Å². The van der Waals surface area contributed by atoms with Crippen LogP contribution < -0.4 is 10.1 Å². The standard InChI is InChI=1S/C22H24N2O3/c1-24-14-15-8-7-9-16(19(15)21(24)26)20(25)23-22(12-5-6-13-22)17-10-3-4-11-18(17)27-2/h3-4,7-11H,5-6,12-14H2,1-2H3,(H,23,25). The van der Waals surface area contributed by atoms with Gasteiger partial charge in [0.1, 0.15) is 5.75 Å². The topological polar surface area (TPSA) is 58.6 Å². The van der Waals surface area contributed by atoms with Crippen LogP contribution in [0.3, 0.4) is 0 Å². The first kappa shape index (κ1) is 17.6. The Bertz CT molecular complexity index is 900. The van der Waals surface area contributed by atoms with Crippen LogP contribution >= 0.6 is 0 Å². The maximum absolute atomic E-state index is 13.3. The molecule has 1 aliphatic heterocycles. The number of fused-ring (bicyclic) bond motifs is 1. The van der Waals surface area contributed by atoms with Crippen LogP contribution in [0.25, 0.3) is 0 Å². The highest BCUT2D eigenvalue weighted by atomic mass is 16.5. The molecule has 0 spiro atoms. The minimum atomic E-state index is -0.458. The number of ether oxygens (including phenoxy) is 1. The second-order valence-corrected chi connectivity index (χ2v) is 7.44. The molecule has 0 atom stereocenters. The zero-order valence-electron chi connectivity index (χ0n) is 15.7. The van der Waals surface area contributed by atoms with Crippen molar-refractivity contribution in [2.75, 3.05) is 14.2 Å². The fourth-order valence-corrected chi connectivity index (χ4v) is 4.46. The molecule has 1 N–H and O–H groups in total. The summed E-state index contributed by atoms with van der Waals surface area (Å²) in [5.41, 5.74) is 2.45. The highest BCUT2D eigenvalue weighted by Gasteiger charge is 2.40. The van der Waals surface area contributed by atoms with E-state index in [0.29, 0.717) is 17.7 Å². The van der Waals surface area contributed by atoms with Gasteiger partial charge in [0.25, 0.3) is 11.8 Å². The van der Waals surface area contributed by atoms with E-state index in [1.807, 2.05) is 36.4 Å². The molecule has 5 heteroatoms. The van der Waals surface area contributed by atoms with Gasteiger partial charge >= 0.3 is 0 Å². The van der Waals surface area contributed by atoms with Crippen molar-refractivity contribution in [1.82, 2.24) is 10.2 Å². The van der Waals surface area contributed by atoms with Crippen LogP contribution in [-0.4, -0.2) is 30.9 Å². The quantitative estimate of drug-likeness (QED) is 0.904. The number of benzene rings is 2. The summed E-state index contributed by atoms with van der Waals surface area (Å²) in [6, 6.07) is 13.4. The van der Waals surface area contributed by atoms with Crippen LogP contribution in [0, 0.1) is 0 Å². The van der Waals surface area contributed by atoms with Gasteiger partial charge in [-0.25, -0.2) is 0 Å². The number of rotatable bonds is 4. The molecule has 0 radical (unpaired) electrons. The third-order valence-electron chi connectivity index (χ3n) is 5.80. The summed E-state index contributed by atoms with van der Waals surface area (Å²) in [5.74, 6) is 0.505. The second-order valence-electron chi connectivity index (χ2n) is 7.44. The fourth-order valence-electron chi connectivity index (χ4n) is 4.46. The second kappa shape index (κ2) is 6.72. The number of para-hydroxylation sites is 1. The zero-order valence-corrected chi connectivity index (χ0v) is 15.7. The highest BCUT2D eigenvalue weighted by Crippen LogP contribution is 2.43. The van der Waals surface area contributed by atoms with Crippen molar-refractivity contribution in [2.24, 2.45) is 0 Å². The van der Waals surface area contributed by atoms with Crippen LogP contribution in [0.1, 0.15) is 57.5 Å². The van der Waals surface area contributed by atoms with E-state index in [2.05, 4.69) is 5.32 Å². The monoisotopic (exact) mass is 364 g/mol. The summed E-state index contributed by atoms with van der Waals surface area (Å²) in [7, 11) is 3.42. The highest BCUT2D eigenvalue weighted by molar-refractivity contribution is 6.09. The Morgan fingerprint density at radius 1 is 1.11 bits per heavy atom. The van der Waals surface area contributed by atoms with E-state index in [1.165, 1.54) is 0 Å². The smallest absolute Gasteiger partial charge is 0.255 e. The van der Waals surface area contributed by atoms with Crippen molar-refractivity contribution in [2.45, 2.75) is 37.8 Å². The lowest BCUT2D eigenvalue weighted by atomic mass is 9.86. The minimum Gasteiger partial charge on any atom is -0.496 e. The van der Waals surface area contributed by atoms with Crippen molar-refractivity contribution in [1.29, 1.82) is 0 Å². The van der Waals surface area contributed by atoms with Crippen molar-refractivity contribution >= 4 is 11.8 Å². The van der Waals surface area contributed by atoms with E-state index < -0.39 is 5.54 Å². The van der Waals surface area contributed by atoms with Crippen molar-refractivity contribution in [3.05, 3.63) is 64.7 Å². The fraction of sp³-hybridized carbons (Fsp3) is 0.364. The number of hydrogen-bond acceptors (Lipinski definition) is 3. The van der Waals surface area contributed by atoms with Gasteiger partial charge in [0, 0.05) is 19.2 Å². The van der Waals surface area contributed by atoms with Gasteiger partial charge in [-0.15, -0.1) is 0 Å². The van der Waals surface area contributed by atoms with E-state index in [-0.39, 0.29) is 11.8 Å². The summed E-state index contributed by atoms with van der Waals surface area (Å²) in [4.78, 5) is 27.4. The molecular formula is C22H24N2O3. The first-order valence-electron chi connectivity index (χ1n) is 9.39. The number of carbonyl (C=O) groups is 2. The third-order valence-corrected chi connectivity index (χ3v) is 5.80. The first-order valence-corrected chi connectivity index (χ1v) is 9.39. The molecule has 1 fully saturated rings. The molecule has 2 aromatic rings. The van der Waals surface area contributed by atoms with E-state index in [9.17, 15) is 9.59 Å². The molecule has 140 valence electrons. The molecular weight excluding hydrogens is 340 g/mol. The number of nitrogens with zero attached hydrogens (tertiary/aromatic N) is 1. The molecule has 1 aliphatic carbocycles. The Morgan fingerprint density at radius 3 is 2.59 bits per heavy atom. The number of carbonyl (C=O) groups excluding carboxylic acids is 2. The minimum absolute atomic E-state index is 0.0893. The predicted molar refractivity (Wildman–Crippen MR) is 103 cm³/mol. The molecule has 5 nitrogen and oxygen atoms in total. The van der Waals surface area contributed by atoms with E-state index in [4.69, 9.17) is 4.74 Å². The van der Waals surface area contributed by atoms with Gasteiger partial charge in [-0.1, -0.05) is 43.2 Å². The number of methoxy groups -OCH3 is 1. The molecule has 2 aliphatic rings. The van der Waals surface area contributed by atoms with Crippen LogP contribution in [0.4, 0.5) is 0 Å². The lowest BCUT2D eigenvalue weighted by Gasteiger charge is -2.32. The number of amides is 2. The molecule has 4 rings (SSSR count). The van der Waals surface area contributed by atoms with Crippen molar-refractivity contribution in [3.8, 4) is 5.75 Å². The summed E-state index contributed by atoms with van der Waals surface area (Å²) < 4.78 is 5.56. The Balaban J connectivity index is 1.72. The molecule has 0 unspecified atom stereocenters. The number of nitrogens with one attached hydrogen (secondary N) is 1. The SMILES string of the molecule is COc1ccccc1C1(NC(=O)c2cccc3c2C(=O)N(C)C3)CCCC1. The largest absolute Gasteiger partial charge is 0.496 e. The molecule has 2 aromatic carbocycles. The van der Waals surface area contributed by atoms with Gasteiger partial charge < -0.3 is 15.0 Å². The van der Waals surface area contributed by atoms with Gasteiger partial charge in [0.15, 0.2) is 0 Å². The number of hydrogen-bond donors (Lipinski definition) is 1. The van der Waals surface area contributed by atoms with E-state index in [0.717, 1.165) is 42.6 Å². The summed E-state index contributed by atoms with van der Waals surface area (Å²) in [6.45, 7) is 0.549. The van der Waals surface area contributed by atoms with Crippen molar-refractivity contribution in [3.63, 3.8) is 0 Å². The predicted octanol–water partition coefficient (Wildman–Crippen LogP) is 3.48. The Hall–Kier alpha value is -2.82. The molecule has 1 heterocycles. The molecule has 2 amide bonds. The first-order chi connectivity index (χ1) is 13.1. The van der Waals surface area contributed by atoms with Gasteiger partial charge in [-0.2, -0.15) is 0 Å². The van der Waals surface area contributed by atoms with Crippen molar-refractivity contribution < 1.29 is 14.3 Å². The summed E-state index contributed by atoms with van der Waals surface area (Å²) in [6.07, 6.45) is 3.82. The molecule has 0 saturated heterocycles. The third kappa shape index (κ3) is 2.87. The van der Waals surface area contributed by atoms with Crippen LogP contribution in [-0.2, 0) is 12.1 Å². The summed E-state index contributed by atoms with van der Waals surface area (Å²) >= 11 is 0. The van der Waals surface area contributed by atoms with Gasteiger partial charge in [-0.3, -0.25) is 9.59 Å².